The van der Waals surface area contributed by atoms with E-state index in [2.05, 4.69) is 26.1 Å². The Morgan fingerprint density at radius 2 is 1.63 bits per heavy atom. The van der Waals surface area contributed by atoms with Gasteiger partial charge in [-0.1, -0.05) is 34.6 Å². The van der Waals surface area contributed by atoms with E-state index in [0.29, 0.717) is 31.8 Å². The van der Waals surface area contributed by atoms with Crippen LogP contribution < -0.4 is 5.32 Å². The fourth-order valence-electron chi connectivity index (χ4n) is 1.48. The van der Waals surface area contributed by atoms with Crippen LogP contribution in [0.3, 0.4) is 0 Å². The summed E-state index contributed by atoms with van der Waals surface area (Å²) < 4.78 is 10.9. The maximum atomic E-state index is 11.2. The molecule has 0 aliphatic rings. The third-order valence-electron chi connectivity index (χ3n) is 2.66. The molecule has 0 aromatic heterocycles. The lowest BCUT2D eigenvalue weighted by Crippen LogP contribution is -2.31. The SMILES string of the molecule is CC(C)C(=O)NCCOCCOCCCC(C)(C)C. The fraction of sp³-hybridized carbons (Fsp3) is 0.933. The lowest BCUT2D eigenvalue weighted by molar-refractivity contribution is -0.124. The molecule has 0 aromatic carbocycles. The van der Waals surface area contributed by atoms with Crippen LogP contribution in [0.5, 0.6) is 0 Å². The molecule has 19 heavy (non-hydrogen) atoms. The summed E-state index contributed by atoms with van der Waals surface area (Å²) in [5, 5.41) is 2.81. The minimum absolute atomic E-state index is 0.0335. The van der Waals surface area contributed by atoms with Crippen LogP contribution in [0.4, 0.5) is 0 Å². The minimum Gasteiger partial charge on any atom is -0.379 e. The molecule has 0 atom stereocenters. The number of carbonyl (C=O) groups is 1. The standard InChI is InChI=1S/C15H31NO3/c1-13(2)14(17)16-8-10-19-12-11-18-9-6-7-15(3,4)5/h13H,6-12H2,1-5H3,(H,16,17). The van der Waals surface area contributed by atoms with Gasteiger partial charge in [0.25, 0.3) is 0 Å². The Morgan fingerprint density at radius 3 is 2.16 bits per heavy atom. The normalized spacial score (nSPS) is 11.9. The van der Waals surface area contributed by atoms with Crippen molar-refractivity contribution in [2.75, 3.05) is 33.0 Å². The monoisotopic (exact) mass is 273 g/mol. The molecule has 0 aliphatic heterocycles. The second-order valence-electron chi connectivity index (χ2n) is 6.33. The first-order valence-electron chi connectivity index (χ1n) is 7.26. The van der Waals surface area contributed by atoms with Gasteiger partial charge in [0.2, 0.25) is 5.91 Å². The van der Waals surface area contributed by atoms with E-state index in [1.165, 1.54) is 6.42 Å². The van der Waals surface area contributed by atoms with Gasteiger partial charge in [-0.15, -0.1) is 0 Å². The minimum atomic E-state index is 0.0335. The van der Waals surface area contributed by atoms with Crippen LogP contribution in [0.1, 0.15) is 47.5 Å². The molecule has 114 valence electrons. The Morgan fingerprint density at radius 1 is 1.05 bits per heavy atom. The molecule has 4 nitrogen and oxygen atoms in total. The highest BCUT2D eigenvalue weighted by atomic mass is 16.5. The molecule has 0 rings (SSSR count). The van der Waals surface area contributed by atoms with E-state index in [-0.39, 0.29) is 11.8 Å². The fourth-order valence-corrected chi connectivity index (χ4v) is 1.48. The number of carbonyl (C=O) groups excluding carboxylic acids is 1. The van der Waals surface area contributed by atoms with E-state index in [0.717, 1.165) is 13.0 Å². The largest absolute Gasteiger partial charge is 0.379 e. The predicted molar refractivity (Wildman–Crippen MR) is 78.2 cm³/mol. The smallest absolute Gasteiger partial charge is 0.222 e. The number of rotatable bonds is 10. The number of hydrogen-bond acceptors (Lipinski definition) is 3. The zero-order valence-corrected chi connectivity index (χ0v) is 13.3. The first-order valence-corrected chi connectivity index (χ1v) is 7.26. The molecule has 0 spiro atoms. The highest BCUT2D eigenvalue weighted by molar-refractivity contribution is 5.77. The molecule has 0 fully saturated rings. The van der Waals surface area contributed by atoms with Crippen molar-refractivity contribution in [3.05, 3.63) is 0 Å². The summed E-state index contributed by atoms with van der Waals surface area (Å²) in [5.74, 6) is 0.105. The zero-order valence-electron chi connectivity index (χ0n) is 13.3. The summed E-state index contributed by atoms with van der Waals surface area (Å²) in [4.78, 5) is 11.2. The molecular formula is C15H31NO3. The maximum absolute atomic E-state index is 11.2. The van der Waals surface area contributed by atoms with Crippen LogP contribution in [-0.2, 0) is 14.3 Å². The Labute approximate surface area is 118 Å². The van der Waals surface area contributed by atoms with Crippen LogP contribution in [-0.4, -0.2) is 38.9 Å². The second-order valence-corrected chi connectivity index (χ2v) is 6.33. The first-order chi connectivity index (χ1) is 8.83. The molecule has 1 amide bonds. The summed E-state index contributed by atoms with van der Waals surface area (Å²) in [6.07, 6.45) is 2.27. The number of nitrogens with one attached hydrogen (secondary N) is 1. The van der Waals surface area contributed by atoms with Gasteiger partial charge < -0.3 is 14.8 Å². The van der Waals surface area contributed by atoms with E-state index < -0.39 is 0 Å². The van der Waals surface area contributed by atoms with Gasteiger partial charge >= 0.3 is 0 Å². The van der Waals surface area contributed by atoms with Crippen LogP contribution in [0.25, 0.3) is 0 Å². The van der Waals surface area contributed by atoms with Crippen LogP contribution in [0, 0.1) is 11.3 Å². The molecule has 0 radical (unpaired) electrons. The van der Waals surface area contributed by atoms with Crippen molar-refractivity contribution < 1.29 is 14.3 Å². The molecular weight excluding hydrogens is 242 g/mol. The van der Waals surface area contributed by atoms with Gasteiger partial charge in [-0.3, -0.25) is 4.79 Å². The van der Waals surface area contributed by atoms with Crippen molar-refractivity contribution >= 4 is 5.91 Å². The molecule has 0 saturated carbocycles. The van der Waals surface area contributed by atoms with Crippen molar-refractivity contribution in [2.24, 2.45) is 11.3 Å². The lowest BCUT2D eigenvalue weighted by atomic mass is 9.91. The summed E-state index contributed by atoms with van der Waals surface area (Å²) in [6, 6.07) is 0. The van der Waals surface area contributed by atoms with Crippen molar-refractivity contribution in [3.63, 3.8) is 0 Å². The third-order valence-corrected chi connectivity index (χ3v) is 2.66. The molecule has 1 N–H and O–H groups in total. The average molecular weight is 273 g/mol. The summed E-state index contributed by atoms with van der Waals surface area (Å²) in [6.45, 7) is 13.6. The van der Waals surface area contributed by atoms with Gasteiger partial charge in [-0.05, 0) is 18.3 Å². The summed E-state index contributed by atoms with van der Waals surface area (Å²) in [7, 11) is 0. The van der Waals surface area contributed by atoms with Crippen molar-refractivity contribution in [3.8, 4) is 0 Å². The quantitative estimate of drug-likeness (QED) is 0.622. The van der Waals surface area contributed by atoms with Gasteiger partial charge in [-0.2, -0.15) is 0 Å². The van der Waals surface area contributed by atoms with Gasteiger partial charge in [0.05, 0.1) is 19.8 Å². The highest BCUT2D eigenvalue weighted by Crippen LogP contribution is 2.20. The van der Waals surface area contributed by atoms with Crippen LogP contribution in [0.2, 0.25) is 0 Å². The van der Waals surface area contributed by atoms with E-state index in [4.69, 9.17) is 9.47 Å². The van der Waals surface area contributed by atoms with Gasteiger partial charge in [-0.25, -0.2) is 0 Å². The van der Waals surface area contributed by atoms with Crippen LogP contribution in [0.15, 0.2) is 0 Å². The Bertz CT molecular complexity index is 234. The van der Waals surface area contributed by atoms with Gasteiger partial charge in [0, 0.05) is 19.1 Å². The molecule has 0 aliphatic carbocycles. The molecule has 0 unspecified atom stereocenters. The van der Waals surface area contributed by atoms with E-state index >= 15 is 0 Å². The van der Waals surface area contributed by atoms with Crippen molar-refractivity contribution in [1.82, 2.24) is 5.32 Å². The first kappa shape index (κ1) is 18.4. The maximum Gasteiger partial charge on any atom is 0.222 e. The summed E-state index contributed by atoms with van der Waals surface area (Å²) >= 11 is 0. The zero-order chi connectivity index (χ0) is 14.7. The van der Waals surface area contributed by atoms with Gasteiger partial charge in [0.15, 0.2) is 0 Å². The molecule has 0 saturated heterocycles. The highest BCUT2D eigenvalue weighted by Gasteiger charge is 2.08. The average Bonchev–Trinajstić information content (AvgIpc) is 2.29. The Kier molecular flexibility index (Phi) is 9.88. The lowest BCUT2D eigenvalue weighted by Gasteiger charge is -2.17. The van der Waals surface area contributed by atoms with E-state index in [1.807, 2.05) is 13.8 Å². The topological polar surface area (TPSA) is 47.6 Å². The van der Waals surface area contributed by atoms with Crippen molar-refractivity contribution in [1.29, 1.82) is 0 Å². The molecule has 0 heterocycles. The van der Waals surface area contributed by atoms with Crippen LogP contribution >= 0.6 is 0 Å². The summed E-state index contributed by atoms with van der Waals surface area (Å²) in [5.41, 5.74) is 0.383. The predicted octanol–water partition coefficient (Wildman–Crippen LogP) is 2.62. The van der Waals surface area contributed by atoms with E-state index in [1.54, 1.807) is 0 Å². The molecule has 0 aromatic rings. The molecule has 4 heteroatoms. The van der Waals surface area contributed by atoms with Crippen molar-refractivity contribution in [2.45, 2.75) is 47.5 Å². The Hall–Kier alpha value is -0.610. The second kappa shape index (κ2) is 10.2. The number of hydrogen-bond donors (Lipinski definition) is 1. The van der Waals surface area contributed by atoms with E-state index in [9.17, 15) is 4.79 Å². The Balaban J connectivity index is 3.18. The molecule has 0 bridgehead atoms. The number of ether oxygens (including phenoxy) is 2. The third kappa shape index (κ3) is 13.6. The number of amides is 1. The van der Waals surface area contributed by atoms with Gasteiger partial charge in [0.1, 0.15) is 0 Å².